The Hall–Kier alpha value is -0.120. The molecule has 1 saturated heterocycles. The van der Waals surface area contributed by atoms with E-state index in [0.29, 0.717) is 6.04 Å². The summed E-state index contributed by atoms with van der Waals surface area (Å²) in [5.74, 6) is 0. The molecule has 2 fully saturated rings. The third-order valence-electron chi connectivity index (χ3n) is 5.20. The summed E-state index contributed by atoms with van der Waals surface area (Å²) in [6.45, 7) is 13.1. The Morgan fingerprint density at radius 3 is 2.47 bits per heavy atom. The first-order valence-corrected chi connectivity index (χ1v) is 8.46. The van der Waals surface area contributed by atoms with E-state index < -0.39 is 0 Å². The summed E-state index contributed by atoms with van der Waals surface area (Å²) < 4.78 is 0. The monoisotopic (exact) mass is 267 g/mol. The lowest BCUT2D eigenvalue weighted by atomic mass is 10.2. The van der Waals surface area contributed by atoms with Gasteiger partial charge in [0.25, 0.3) is 0 Å². The smallest absolute Gasteiger partial charge is 0.0235 e. The van der Waals surface area contributed by atoms with E-state index in [1.165, 1.54) is 64.8 Å². The first kappa shape index (κ1) is 15.3. The first-order chi connectivity index (χ1) is 9.24. The standard InChI is InChI=1S/C16H33N3/c1-4-18(5-2)16-10-11-19(13-16)14(3)12-17-15-8-6-7-9-15/h14-17H,4-13H2,1-3H3. The molecule has 2 rings (SSSR count). The second-order valence-electron chi connectivity index (χ2n) is 6.40. The minimum absolute atomic E-state index is 0.696. The van der Waals surface area contributed by atoms with Crippen molar-refractivity contribution in [2.24, 2.45) is 0 Å². The van der Waals surface area contributed by atoms with Crippen molar-refractivity contribution in [1.29, 1.82) is 0 Å². The van der Waals surface area contributed by atoms with Gasteiger partial charge in [-0.3, -0.25) is 9.80 Å². The first-order valence-electron chi connectivity index (χ1n) is 8.46. The molecule has 1 aliphatic carbocycles. The number of nitrogens with one attached hydrogen (secondary N) is 1. The molecule has 3 nitrogen and oxygen atoms in total. The fourth-order valence-electron chi connectivity index (χ4n) is 3.80. The van der Waals surface area contributed by atoms with E-state index in [-0.39, 0.29) is 0 Å². The maximum atomic E-state index is 3.78. The number of likely N-dealkylation sites (tertiary alicyclic amines) is 1. The van der Waals surface area contributed by atoms with E-state index in [0.717, 1.165) is 12.1 Å². The molecule has 0 aromatic heterocycles. The van der Waals surface area contributed by atoms with Crippen LogP contribution in [-0.4, -0.2) is 60.6 Å². The van der Waals surface area contributed by atoms with Crippen LogP contribution >= 0.6 is 0 Å². The highest BCUT2D eigenvalue weighted by Crippen LogP contribution is 2.20. The average molecular weight is 267 g/mol. The van der Waals surface area contributed by atoms with Gasteiger partial charge in [0.2, 0.25) is 0 Å². The Morgan fingerprint density at radius 2 is 1.84 bits per heavy atom. The molecule has 0 bridgehead atoms. The van der Waals surface area contributed by atoms with E-state index in [9.17, 15) is 0 Å². The molecule has 3 heteroatoms. The van der Waals surface area contributed by atoms with Crippen molar-refractivity contribution < 1.29 is 0 Å². The quantitative estimate of drug-likeness (QED) is 0.764. The van der Waals surface area contributed by atoms with Gasteiger partial charge in [-0.25, -0.2) is 0 Å². The molecule has 1 saturated carbocycles. The predicted molar refractivity (Wildman–Crippen MR) is 82.6 cm³/mol. The summed E-state index contributed by atoms with van der Waals surface area (Å²) in [5.41, 5.74) is 0. The van der Waals surface area contributed by atoms with Gasteiger partial charge in [0, 0.05) is 37.8 Å². The zero-order chi connectivity index (χ0) is 13.7. The van der Waals surface area contributed by atoms with Gasteiger partial charge in [0.1, 0.15) is 0 Å². The summed E-state index contributed by atoms with van der Waals surface area (Å²) in [6.07, 6.45) is 7.01. The maximum absolute atomic E-state index is 3.78. The molecule has 0 radical (unpaired) electrons. The van der Waals surface area contributed by atoms with Crippen molar-refractivity contribution in [2.75, 3.05) is 32.7 Å². The van der Waals surface area contributed by atoms with Crippen molar-refractivity contribution in [1.82, 2.24) is 15.1 Å². The minimum atomic E-state index is 0.696. The normalized spacial score (nSPS) is 27.5. The van der Waals surface area contributed by atoms with Gasteiger partial charge in [0.05, 0.1) is 0 Å². The summed E-state index contributed by atoms with van der Waals surface area (Å²) in [4.78, 5) is 5.31. The van der Waals surface area contributed by atoms with Gasteiger partial charge >= 0.3 is 0 Å². The Kier molecular flexibility index (Phi) is 6.11. The zero-order valence-corrected chi connectivity index (χ0v) is 13.2. The fraction of sp³-hybridized carbons (Fsp3) is 1.00. The average Bonchev–Trinajstić information content (AvgIpc) is 3.09. The molecular formula is C16H33N3. The highest BCUT2D eigenvalue weighted by molar-refractivity contribution is 4.86. The molecule has 112 valence electrons. The summed E-state index contributed by atoms with van der Waals surface area (Å²) >= 11 is 0. The van der Waals surface area contributed by atoms with Gasteiger partial charge in [0.15, 0.2) is 0 Å². The second kappa shape index (κ2) is 7.61. The summed E-state index contributed by atoms with van der Waals surface area (Å²) in [6, 6.07) is 2.30. The van der Waals surface area contributed by atoms with Crippen LogP contribution in [0.5, 0.6) is 0 Å². The fourth-order valence-corrected chi connectivity index (χ4v) is 3.80. The lowest BCUT2D eigenvalue weighted by Crippen LogP contribution is -2.44. The Labute approximate surface area is 119 Å². The van der Waals surface area contributed by atoms with E-state index in [4.69, 9.17) is 0 Å². The van der Waals surface area contributed by atoms with Crippen molar-refractivity contribution in [2.45, 2.75) is 71.0 Å². The van der Waals surface area contributed by atoms with E-state index >= 15 is 0 Å². The van der Waals surface area contributed by atoms with Crippen molar-refractivity contribution in [3.63, 3.8) is 0 Å². The van der Waals surface area contributed by atoms with Crippen LogP contribution < -0.4 is 5.32 Å². The molecule has 0 amide bonds. The largest absolute Gasteiger partial charge is 0.312 e. The number of likely N-dealkylation sites (N-methyl/N-ethyl adjacent to an activating group) is 1. The Balaban J connectivity index is 1.70. The van der Waals surface area contributed by atoms with Crippen molar-refractivity contribution in [3.05, 3.63) is 0 Å². The Bertz CT molecular complexity index is 246. The van der Waals surface area contributed by atoms with Crippen LogP contribution in [0.2, 0.25) is 0 Å². The van der Waals surface area contributed by atoms with Crippen LogP contribution in [0.4, 0.5) is 0 Å². The lowest BCUT2D eigenvalue weighted by molar-refractivity contribution is 0.189. The molecule has 0 aromatic rings. The minimum Gasteiger partial charge on any atom is -0.312 e. The SMILES string of the molecule is CCN(CC)C1CCN(C(C)CNC2CCCC2)C1. The van der Waals surface area contributed by atoms with Gasteiger partial charge in [-0.15, -0.1) is 0 Å². The molecule has 2 unspecified atom stereocenters. The van der Waals surface area contributed by atoms with Gasteiger partial charge in [-0.2, -0.15) is 0 Å². The lowest BCUT2D eigenvalue weighted by Gasteiger charge is -2.29. The van der Waals surface area contributed by atoms with Crippen molar-refractivity contribution in [3.8, 4) is 0 Å². The van der Waals surface area contributed by atoms with E-state index in [1.54, 1.807) is 0 Å². The summed E-state index contributed by atoms with van der Waals surface area (Å²) in [7, 11) is 0. The van der Waals surface area contributed by atoms with Gasteiger partial charge < -0.3 is 5.32 Å². The molecule has 0 spiro atoms. The van der Waals surface area contributed by atoms with Gasteiger partial charge in [-0.05, 0) is 39.3 Å². The highest BCUT2D eigenvalue weighted by atomic mass is 15.3. The van der Waals surface area contributed by atoms with E-state index in [1.807, 2.05) is 0 Å². The summed E-state index contributed by atoms with van der Waals surface area (Å²) in [5, 5.41) is 3.78. The van der Waals surface area contributed by atoms with E-state index in [2.05, 4.69) is 35.9 Å². The Morgan fingerprint density at radius 1 is 1.16 bits per heavy atom. The molecule has 1 heterocycles. The molecule has 1 N–H and O–H groups in total. The molecular weight excluding hydrogens is 234 g/mol. The number of nitrogens with zero attached hydrogens (tertiary/aromatic N) is 2. The highest BCUT2D eigenvalue weighted by Gasteiger charge is 2.29. The predicted octanol–water partition coefficient (Wildman–Crippen LogP) is 2.32. The van der Waals surface area contributed by atoms with Crippen LogP contribution in [0.15, 0.2) is 0 Å². The zero-order valence-electron chi connectivity index (χ0n) is 13.2. The van der Waals surface area contributed by atoms with Crippen LogP contribution in [0.3, 0.4) is 0 Å². The number of hydrogen-bond donors (Lipinski definition) is 1. The molecule has 19 heavy (non-hydrogen) atoms. The molecule has 2 atom stereocenters. The third-order valence-corrected chi connectivity index (χ3v) is 5.20. The molecule has 2 aliphatic rings. The number of hydrogen-bond acceptors (Lipinski definition) is 3. The second-order valence-corrected chi connectivity index (χ2v) is 6.40. The molecule has 0 aromatic carbocycles. The van der Waals surface area contributed by atoms with Crippen LogP contribution in [-0.2, 0) is 0 Å². The van der Waals surface area contributed by atoms with Crippen LogP contribution in [0, 0.1) is 0 Å². The maximum Gasteiger partial charge on any atom is 0.0235 e. The molecule has 1 aliphatic heterocycles. The third kappa shape index (κ3) is 4.17. The van der Waals surface area contributed by atoms with Gasteiger partial charge in [-0.1, -0.05) is 26.7 Å². The topological polar surface area (TPSA) is 18.5 Å². The van der Waals surface area contributed by atoms with Crippen molar-refractivity contribution >= 4 is 0 Å². The van der Waals surface area contributed by atoms with Crippen LogP contribution in [0.1, 0.15) is 52.9 Å². The number of rotatable bonds is 7. The van der Waals surface area contributed by atoms with Crippen LogP contribution in [0.25, 0.3) is 0 Å².